The minimum atomic E-state index is -1.02. The summed E-state index contributed by atoms with van der Waals surface area (Å²) in [6, 6.07) is 2.88. The van der Waals surface area contributed by atoms with Crippen molar-refractivity contribution in [2.75, 3.05) is 19.6 Å². The highest BCUT2D eigenvalue weighted by molar-refractivity contribution is 5.92. The van der Waals surface area contributed by atoms with Crippen molar-refractivity contribution in [1.82, 2.24) is 30.4 Å². The van der Waals surface area contributed by atoms with E-state index in [2.05, 4.69) is 27.5 Å². The quantitative estimate of drug-likeness (QED) is 0.539. The minimum Gasteiger partial charge on any atom is -0.345 e. The molecule has 3 heterocycles. The Bertz CT molecular complexity index is 1080. The van der Waals surface area contributed by atoms with Gasteiger partial charge in [-0.05, 0) is 64.0 Å². The van der Waals surface area contributed by atoms with E-state index in [-0.39, 0.29) is 29.9 Å². The van der Waals surface area contributed by atoms with Gasteiger partial charge in [-0.1, -0.05) is 13.0 Å². The molecule has 4 rings (SSSR count). The molecule has 0 radical (unpaired) electrons. The number of carbonyl (C=O) groups excluding carboxylic acids is 3. The largest absolute Gasteiger partial charge is 0.345 e. The fourth-order valence-corrected chi connectivity index (χ4v) is 5.20. The molecule has 36 heavy (non-hydrogen) atoms. The van der Waals surface area contributed by atoms with Crippen LogP contribution < -0.4 is 10.6 Å². The monoisotopic (exact) mass is 500 g/mol. The molecule has 2 fully saturated rings. The standard InChI is InChI=1S/C26H37FN6O3/c1-3-18-10-5-8-15-33(18)22(34)16-21(30-26(36)32-13-6-4-7-14-32)25(35)28-17(2)24-29-20-12-9-11-19(27)23(20)31-24/h9,11-12,17-18,21H,3-8,10,13-16H2,1-2H3,(H,28,35)(H,29,31)(H,30,36)/t17-,18?,21?/m0/s1. The van der Waals surface area contributed by atoms with Crippen molar-refractivity contribution in [2.24, 2.45) is 0 Å². The average Bonchev–Trinajstić information content (AvgIpc) is 3.34. The van der Waals surface area contributed by atoms with E-state index in [1.165, 1.54) is 6.07 Å². The number of amides is 4. The van der Waals surface area contributed by atoms with Crippen molar-refractivity contribution in [3.8, 4) is 0 Å². The van der Waals surface area contributed by atoms with Gasteiger partial charge in [0.15, 0.2) is 5.82 Å². The highest BCUT2D eigenvalue weighted by atomic mass is 19.1. The second kappa shape index (κ2) is 11.7. The van der Waals surface area contributed by atoms with Crippen LogP contribution in [-0.4, -0.2) is 69.3 Å². The van der Waals surface area contributed by atoms with E-state index in [0.717, 1.165) is 44.9 Å². The van der Waals surface area contributed by atoms with Gasteiger partial charge in [-0.2, -0.15) is 0 Å². The lowest BCUT2D eigenvalue weighted by Gasteiger charge is -2.36. The van der Waals surface area contributed by atoms with Gasteiger partial charge in [0.2, 0.25) is 11.8 Å². The van der Waals surface area contributed by atoms with Gasteiger partial charge < -0.3 is 25.4 Å². The molecule has 2 aliphatic heterocycles. The average molecular weight is 501 g/mol. The van der Waals surface area contributed by atoms with Crippen molar-refractivity contribution in [1.29, 1.82) is 0 Å². The Morgan fingerprint density at radius 1 is 1.11 bits per heavy atom. The minimum absolute atomic E-state index is 0.108. The van der Waals surface area contributed by atoms with Gasteiger partial charge in [0, 0.05) is 25.7 Å². The number of hydrogen-bond donors (Lipinski definition) is 3. The first-order valence-corrected chi connectivity index (χ1v) is 13.2. The van der Waals surface area contributed by atoms with Crippen LogP contribution in [0, 0.1) is 5.82 Å². The van der Waals surface area contributed by atoms with Crippen LogP contribution in [0.15, 0.2) is 18.2 Å². The number of urea groups is 1. The summed E-state index contributed by atoms with van der Waals surface area (Å²) < 4.78 is 14.1. The van der Waals surface area contributed by atoms with E-state index >= 15 is 0 Å². The number of fused-ring (bicyclic) bond motifs is 1. The predicted octanol–water partition coefficient (Wildman–Crippen LogP) is 3.62. The fraction of sp³-hybridized carbons (Fsp3) is 0.615. The maximum atomic E-state index is 14.1. The molecule has 2 unspecified atom stereocenters. The summed E-state index contributed by atoms with van der Waals surface area (Å²) in [5.41, 5.74) is 0.737. The Kier molecular flexibility index (Phi) is 8.43. The summed E-state index contributed by atoms with van der Waals surface area (Å²) in [4.78, 5) is 50.5. The second-order valence-corrected chi connectivity index (χ2v) is 9.89. The third-order valence-corrected chi connectivity index (χ3v) is 7.31. The van der Waals surface area contributed by atoms with Crippen LogP contribution in [0.2, 0.25) is 0 Å². The molecule has 3 N–H and O–H groups in total. The van der Waals surface area contributed by atoms with Gasteiger partial charge >= 0.3 is 6.03 Å². The summed E-state index contributed by atoms with van der Waals surface area (Å²) >= 11 is 0. The molecule has 196 valence electrons. The number of likely N-dealkylation sites (tertiary alicyclic amines) is 2. The fourth-order valence-electron chi connectivity index (χ4n) is 5.20. The van der Waals surface area contributed by atoms with E-state index in [0.29, 0.717) is 31.0 Å². The normalized spacial score (nSPS) is 20.1. The third-order valence-electron chi connectivity index (χ3n) is 7.31. The Labute approximate surface area is 211 Å². The molecule has 4 amide bonds. The Morgan fingerprint density at radius 3 is 2.58 bits per heavy atom. The summed E-state index contributed by atoms with van der Waals surface area (Å²) in [7, 11) is 0. The molecular formula is C26H37FN6O3. The first kappa shape index (κ1) is 25.9. The number of nitrogens with zero attached hydrogens (tertiary/aromatic N) is 3. The number of aromatic nitrogens is 2. The van der Waals surface area contributed by atoms with Gasteiger partial charge in [0.25, 0.3) is 0 Å². The maximum Gasteiger partial charge on any atom is 0.318 e. The first-order chi connectivity index (χ1) is 17.4. The summed E-state index contributed by atoms with van der Waals surface area (Å²) in [6.45, 7) is 5.75. The number of piperidine rings is 2. The second-order valence-electron chi connectivity index (χ2n) is 9.89. The lowest BCUT2D eigenvalue weighted by molar-refractivity contribution is -0.138. The van der Waals surface area contributed by atoms with E-state index in [4.69, 9.17) is 0 Å². The molecule has 2 aliphatic rings. The van der Waals surface area contributed by atoms with Crippen LogP contribution in [0.1, 0.15) is 77.1 Å². The van der Waals surface area contributed by atoms with Crippen LogP contribution >= 0.6 is 0 Å². The molecule has 2 aromatic rings. The van der Waals surface area contributed by atoms with Gasteiger partial charge in [-0.25, -0.2) is 14.2 Å². The summed E-state index contributed by atoms with van der Waals surface area (Å²) in [5.74, 6) is -0.637. The maximum absolute atomic E-state index is 14.1. The van der Waals surface area contributed by atoms with Crippen LogP contribution in [0.5, 0.6) is 0 Å². The zero-order valence-corrected chi connectivity index (χ0v) is 21.2. The van der Waals surface area contributed by atoms with Crippen molar-refractivity contribution >= 4 is 28.9 Å². The van der Waals surface area contributed by atoms with Crippen molar-refractivity contribution in [2.45, 2.75) is 83.3 Å². The third kappa shape index (κ3) is 5.96. The van der Waals surface area contributed by atoms with Gasteiger partial charge in [-0.3, -0.25) is 9.59 Å². The van der Waals surface area contributed by atoms with Crippen LogP contribution in [0.25, 0.3) is 11.0 Å². The number of para-hydroxylation sites is 1. The molecule has 0 spiro atoms. The number of hydrogen-bond acceptors (Lipinski definition) is 4. The molecular weight excluding hydrogens is 463 g/mol. The zero-order valence-electron chi connectivity index (χ0n) is 21.2. The topological polar surface area (TPSA) is 110 Å². The highest BCUT2D eigenvalue weighted by Crippen LogP contribution is 2.22. The number of H-pyrrole nitrogens is 1. The van der Waals surface area contributed by atoms with Gasteiger partial charge in [-0.15, -0.1) is 0 Å². The predicted molar refractivity (Wildman–Crippen MR) is 135 cm³/mol. The highest BCUT2D eigenvalue weighted by Gasteiger charge is 2.32. The number of nitrogens with one attached hydrogen (secondary N) is 3. The summed E-state index contributed by atoms with van der Waals surface area (Å²) in [6.07, 6.45) is 6.68. The molecule has 9 nitrogen and oxygen atoms in total. The molecule has 0 saturated carbocycles. The number of carbonyl (C=O) groups is 3. The number of rotatable bonds is 7. The number of benzene rings is 1. The van der Waals surface area contributed by atoms with Crippen LogP contribution in [0.4, 0.5) is 9.18 Å². The molecule has 2 saturated heterocycles. The number of imidazole rings is 1. The van der Waals surface area contributed by atoms with E-state index in [1.807, 2.05) is 4.90 Å². The lowest BCUT2D eigenvalue weighted by atomic mass is 9.99. The molecule has 10 heteroatoms. The van der Waals surface area contributed by atoms with Crippen LogP contribution in [0.3, 0.4) is 0 Å². The molecule has 0 bridgehead atoms. The Hall–Kier alpha value is -3.17. The molecule has 1 aromatic carbocycles. The van der Waals surface area contributed by atoms with Crippen LogP contribution in [-0.2, 0) is 9.59 Å². The smallest absolute Gasteiger partial charge is 0.318 e. The molecule has 1 aromatic heterocycles. The first-order valence-electron chi connectivity index (χ1n) is 13.2. The van der Waals surface area contributed by atoms with E-state index in [1.54, 1.807) is 24.0 Å². The Balaban J connectivity index is 1.48. The Morgan fingerprint density at radius 2 is 1.86 bits per heavy atom. The number of halogens is 1. The zero-order chi connectivity index (χ0) is 25.7. The van der Waals surface area contributed by atoms with Crippen molar-refractivity contribution in [3.63, 3.8) is 0 Å². The molecule has 0 aliphatic carbocycles. The lowest BCUT2D eigenvalue weighted by Crippen LogP contribution is -2.55. The van der Waals surface area contributed by atoms with Crippen molar-refractivity contribution < 1.29 is 18.8 Å². The molecule has 3 atom stereocenters. The van der Waals surface area contributed by atoms with Crippen molar-refractivity contribution in [3.05, 3.63) is 29.8 Å². The van der Waals surface area contributed by atoms with E-state index in [9.17, 15) is 18.8 Å². The SMILES string of the molecule is CCC1CCCCN1C(=O)CC(NC(=O)N1CCCCC1)C(=O)N[C@@H](C)c1nc2c(F)cccc2[nH]1. The van der Waals surface area contributed by atoms with Gasteiger partial charge in [0.05, 0.1) is 18.0 Å². The van der Waals surface area contributed by atoms with Gasteiger partial charge in [0.1, 0.15) is 17.4 Å². The number of aromatic amines is 1. The summed E-state index contributed by atoms with van der Waals surface area (Å²) in [5, 5.41) is 5.68. The van der Waals surface area contributed by atoms with E-state index < -0.39 is 23.8 Å².